The van der Waals surface area contributed by atoms with Crippen molar-refractivity contribution in [3.63, 3.8) is 0 Å². The number of fused-ring (bicyclic) bond motifs is 1. The number of hydrogen-bond donors (Lipinski definition) is 3. The summed E-state index contributed by atoms with van der Waals surface area (Å²) in [6, 6.07) is 3.47. The molecule has 0 amide bonds. The normalized spacial score (nSPS) is 10.9. The maximum Gasteiger partial charge on any atom is 0.330 e. The third kappa shape index (κ3) is 1.88. The Morgan fingerprint density at radius 3 is 2.74 bits per heavy atom. The fourth-order valence-electron chi connectivity index (χ4n) is 1.86. The van der Waals surface area contributed by atoms with E-state index in [1.165, 1.54) is 0 Å². The van der Waals surface area contributed by atoms with Crippen LogP contribution in [0.4, 0.5) is 0 Å². The summed E-state index contributed by atoms with van der Waals surface area (Å²) >= 11 is 0. The quantitative estimate of drug-likeness (QED) is 0.555. The van der Waals surface area contributed by atoms with Crippen molar-refractivity contribution >= 4 is 11.2 Å². The number of nitrogens with one attached hydrogen (secondary N) is 3. The predicted octanol–water partition coefficient (Wildman–Crippen LogP) is -0.851. The molecule has 0 aliphatic heterocycles. The topological polar surface area (TPSA) is 116 Å². The number of H-pyrrole nitrogens is 3. The predicted molar refractivity (Wildman–Crippen MR) is 67.1 cm³/mol. The highest BCUT2D eigenvalue weighted by Crippen LogP contribution is 1.98. The molecule has 0 aliphatic carbocycles. The Kier molecular flexibility index (Phi) is 2.41. The number of aromatic amines is 3. The van der Waals surface area contributed by atoms with E-state index in [2.05, 4.69) is 19.9 Å². The zero-order chi connectivity index (χ0) is 13.4. The van der Waals surface area contributed by atoms with E-state index in [1.54, 1.807) is 24.5 Å². The Bertz CT molecular complexity index is 900. The van der Waals surface area contributed by atoms with Gasteiger partial charge >= 0.3 is 11.4 Å². The molecule has 0 radical (unpaired) electrons. The summed E-state index contributed by atoms with van der Waals surface area (Å²) in [5.74, 6) is 0. The highest BCUT2D eigenvalue weighted by molar-refractivity contribution is 5.67. The lowest BCUT2D eigenvalue weighted by Gasteiger charge is -2.03. The van der Waals surface area contributed by atoms with E-state index in [0.29, 0.717) is 5.56 Å². The average molecular weight is 259 g/mol. The minimum atomic E-state index is -0.586. The first-order valence-corrected chi connectivity index (χ1v) is 5.49. The van der Waals surface area contributed by atoms with Crippen molar-refractivity contribution < 1.29 is 0 Å². The van der Waals surface area contributed by atoms with Crippen LogP contribution in [0.25, 0.3) is 11.2 Å². The minimum Gasteiger partial charge on any atom is -0.300 e. The first-order valence-electron chi connectivity index (χ1n) is 5.49. The molecule has 0 saturated carbocycles. The van der Waals surface area contributed by atoms with Crippen LogP contribution in [0.3, 0.4) is 0 Å². The molecule has 0 unspecified atom stereocenters. The maximum atomic E-state index is 12.1. The second kappa shape index (κ2) is 4.09. The van der Waals surface area contributed by atoms with E-state index in [0.717, 1.165) is 4.57 Å². The summed E-state index contributed by atoms with van der Waals surface area (Å²) in [6.07, 6.45) is 3.17. The molecule has 3 rings (SSSR count). The van der Waals surface area contributed by atoms with Gasteiger partial charge in [-0.2, -0.15) is 0 Å². The zero-order valence-corrected chi connectivity index (χ0v) is 9.64. The Balaban J connectivity index is 2.21. The zero-order valence-electron chi connectivity index (χ0n) is 9.64. The van der Waals surface area contributed by atoms with Crippen LogP contribution in [0.5, 0.6) is 0 Å². The smallest absolute Gasteiger partial charge is 0.300 e. The first-order chi connectivity index (χ1) is 9.15. The van der Waals surface area contributed by atoms with Crippen molar-refractivity contribution in [2.45, 2.75) is 6.54 Å². The van der Waals surface area contributed by atoms with Gasteiger partial charge in [0, 0.05) is 12.4 Å². The molecule has 0 atom stereocenters. The van der Waals surface area contributed by atoms with E-state index in [4.69, 9.17) is 0 Å². The van der Waals surface area contributed by atoms with Crippen molar-refractivity contribution in [1.29, 1.82) is 0 Å². The Morgan fingerprint density at radius 2 is 2.00 bits per heavy atom. The second-order valence-electron chi connectivity index (χ2n) is 4.01. The first kappa shape index (κ1) is 11.2. The van der Waals surface area contributed by atoms with Gasteiger partial charge in [-0.05, 0) is 11.6 Å². The Labute approximate surface area is 104 Å². The SMILES string of the molecule is O=c1[nH]c2[nH]c(=O)n(Cc3cccnc3)c(=O)c2[nH]1. The molecule has 0 saturated heterocycles. The van der Waals surface area contributed by atoms with Crippen LogP contribution in [-0.2, 0) is 6.54 Å². The molecule has 3 aromatic heterocycles. The van der Waals surface area contributed by atoms with Crippen LogP contribution >= 0.6 is 0 Å². The summed E-state index contributed by atoms with van der Waals surface area (Å²) in [4.78, 5) is 46.1. The molecule has 0 bridgehead atoms. The van der Waals surface area contributed by atoms with E-state index in [1.807, 2.05) is 0 Å². The highest BCUT2D eigenvalue weighted by Gasteiger charge is 2.10. The van der Waals surface area contributed by atoms with Gasteiger partial charge in [-0.3, -0.25) is 29.3 Å². The van der Waals surface area contributed by atoms with Crippen LogP contribution in [0, 0.1) is 0 Å². The molecule has 0 aliphatic rings. The minimum absolute atomic E-state index is 0.0495. The fraction of sp³-hybridized carbons (Fsp3) is 0.0909. The Morgan fingerprint density at radius 1 is 1.16 bits per heavy atom. The lowest BCUT2D eigenvalue weighted by Crippen LogP contribution is -2.35. The van der Waals surface area contributed by atoms with Crippen LogP contribution in [0.1, 0.15) is 5.56 Å². The molecular formula is C11H9N5O3. The Hall–Kier alpha value is -2.90. The standard InChI is InChI=1S/C11H9N5O3/c17-9-7-8(14-10(18)13-7)15-11(19)16(9)5-6-2-1-3-12-4-6/h1-4H,5H2,(H,15,19)(H2,13,14,18). The number of hydrogen-bond acceptors (Lipinski definition) is 4. The largest absolute Gasteiger partial charge is 0.330 e. The van der Waals surface area contributed by atoms with Crippen LogP contribution in [-0.4, -0.2) is 24.5 Å². The summed E-state index contributed by atoms with van der Waals surface area (Å²) in [6.45, 7) is 0.0884. The molecule has 0 aromatic carbocycles. The van der Waals surface area contributed by atoms with Gasteiger partial charge in [0.2, 0.25) is 0 Å². The molecular weight excluding hydrogens is 250 g/mol. The van der Waals surface area contributed by atoms with Gasteiger partial charge in [0.25, 0.3) is 5.56 Å². The maximum absolute atomic E-state index is 12.1. The van der Waals surface area contributed by atoms with E-state index in [-0.39, 0.29) is 17.7 Å². The molecule has 3 heterocycles. The van der Waals surface area contributed by atoms with E-state index < -0.39 is 16.9 Å². The van der Waals surface area contributed by atoms with Crippen LogP contribution in [0.2, 0.25) is 0 Å². The molecule has 8 heteroatoms. The lowest BCUT2D eigenvalue weighted by molar-refractivity contribution is 0.707. The van der Waals surface area contributed by atoms with Gasteiger partial charge in [-0.1, -0.05) is 6.07 Å². The molecule has 3 N–H and O–H groups in total. The van der Waals surface area contributed by atoms with Crippen LogP contribution < -0.4 is 16.9 Å². The van der Waals surface area contributed by atoms with Gasteiger partial charge in [-0.25, -0.2) is 9.59 Å². The highest BCUT2D eigenvalue weighted by atomic mass is 16.2. The van der Waals surface area contributed by atoms with Crippen molar-refractivity contribution in [3.05, 3.63) is 61.4 Å². The number of pyridine rings is 1. The van der Waals surface area contributed by atoms with Gasteiger partial charge < -0.3 is 0 Å². The number of rotatable bonds is 2. The van der Waals surface area contributed by atoms with Gasteiger partial charge in [0.05, 0.1) is 6.54 Å². The molecule has 0 fully saturated rings. The fourth-order valence-corrected chi connectivity index (χ4v) is 1.86. The summed E-state index contributed by atoms with van der Waals surface area (Å²) in [5.41, 5.74) is -0.817. The van der Waals surface area contributed by atoms with Crippen molar-refractivity contribution in [3.8, 4) is 0 Å². The molecule has 3 aromatic rings. The second-order valence-corrected chi connectivity index (χ2v) is 4.01. The number of aromatic nitrogens is 5. The average Bonchev–Trinajstić information content (AvgIpc) is 2.76. The summed E-state index contributed by atoms with van der Waals surface area (Å²) in [5, 5.41) is 0. The van der Waals surface area contributed by atoms with Crippen molar-refractivity contribution in [1.82, 2.24) is 24.5 Å². The van der Waals surface area contributed by atoms with Crippen molar-refractivity contribution in [2.75, 3.05) is 0 Å². The molecule has 19 heavy (non-hydrogen) atoms. The molecule has 0 spiro atoms. The van der Waals surface area contributed by atoms with Gasteiger partial charge in [-0.15, -0.1) is 0 Å². The van der Waals surface area contributed by atoms with Gasteiger partial charge in [0.15, 0.2) is 5.52 Å². The van der Waals surface area contributed by atoms with Crippen LogP contribution in [0.15, 0.2) is 38.9 Å². The lowest BCUT2D eigenvalue weighted by atomic mass is 10.3. The van der Waals surface area contributed by atoms with Crippen molar-refractivity contribution in [2.24, 2.45) is 0 Å². The van der Waals surface area contributed by atoms with E-state index >= 15 is 0 Å². The number of nitrogens with zero attached hydrogens (tertiary/aromatic N) is 2. The molecule has 8 nitrogen and oxygen atoms in total. The third-order valence-corrected chi connectivity index (χ3v) is 2.73. The molecule has 96 valence electrons. The number of imidazole rings is 1. The summed E-state index contributed by atoms with van der Waals surface area (Å²) in [7, 11) is 0. The van der Waals surface area contributed by atoms with Gasteiger partial charge in [0.1, 0.15) is 5.65 Å². The summed E-state index contributed by atoms with van der Waals surface area (Å²) < 4.78 is 1.00. The third-order valence-electron chi connectivity index (χ3n) is 2.73. The monoisotopic (exact) mass is 259 g/mol. The van der Waals surface area contributed by atoms with E-state index in [9.17, 15) is 14.4 Å².